The number of aliphatic hydroxyl groups excluding tert-OH is 2. The summed E-state index contributed by atoms with van der Waals surface area (Å²) in [5.41, 5.74) is -1.95. The predicted molar refractivity (Wildman–Crippen MR) is 273 cm³/mol. The fraction of sp³-hybridized carbons (Fsp3) is 0.800. The first-order valence-electron chi connectivity index (χ1n) is 26.4. The number of methoxy groups -OCH3 is 2. The first kappa shape index (κ1) is 61.4. The molecule has 74 heavy (non-hydrogen) atoms. The maximum absolute atomic E-state index is 14.6. The third-order valence-electron chi connectivity index (χ3n) is 16.5. The Morgan fingerprint density at radius 2 is 1.61 bits per heavy atom. The molecule has 0 aliphatic carbocycles. The van der Waals surface area contributed by atoms with Gasteiger partial charge in [-0.15, -0.1) is 0 Å². The number of aromatic hydroxyl groups is 1. The normalized spacial score (nSPS) is 39.2. The fourth-order valence-electron chi connectivity index (χ4n) is 11.8. The number of rotatable bonds is 14. The summed E-state index contributed by atoms with van der Waals surface area (Å²) in [6.45, 7) is 21.5. The summed E-state index contributed by atoms with van der Waals surface area (Å²) in [6, 6.07) is -0.999. The van der Waals surface area contributed by atoms with Gasteiger partial charge in [0.1, 0.15) is 47.6 Å². The van der Waals surface area contributed by atoms with Crippen LogP contribution in [-0.4, -0.2) is 185 Å². The molecule has 19 nitrogen and oxygen atoms in total. The molecule has 0 amide bonds. The van der Waals surface area contributed by atoms with Crippen molar-refractivity contribution in [2.24, 2.45) is 17.8 Å². The van der Waals surface area contributed by atoms with Crippen molar-refractivity contribution in [1.29, 1.82) is 0 Å². The molecule has 0 spiro atoms. The monoisotopic (exact) mass is 1050 g/mol. The molecule has 4 aliphatic rings. The van der Waals surface area contributed by atoms with Gasteiger partial charge in [-0.2, -0.15) is 0 Å². The molecule has 19 heteroatoms. The van der Waals surface area contributed by atoms with Gasteiger partial charge in [-0.3, -0.25) is 9.59 Å². The van der Waals surface area contributed by atoms with Gasteiger partial charge in [0.05, 0.1) is 54.7 Å². The van der Waals surface area contributed by atoms with Gasteiger partial charge in [0.15, 0.2) is 18.7 Å². The number of benzene rings is 1. The van der Waals surface area contributed by atoms with Crippen LogP contribution in [0.2, 0.25) is 0 Å². The van der Waals surface area contributed by atoms with E-state index in [2.05, 4.69) is 0 Å². The van der Waals surface area contributed by atoms with E-state index in [0.29, 0.717) is 41.8 Å². The third kappa shape index (κ3) is 13.4. The molecule has 1 aromatic rings. The van der Waals surface area contributed by atoms with Crippen LogP contribution in [0.15, 0.2) is 11.6 Å². The molecule has 4 heterocycles. The molecule has 1 unspecified atom stereocenters. The SMILES string of the molecule is CC[C@H]1OC(=O)[C@H](C)[C@@H](O[C@H]2C[C@@](C)(OC)[C@@H](O)[C@H](C)O2)[C@H](C)[C@@H](O[C@@H]2O[C@H](C)CC(N(C)C)[C@H]2OC(=O)CC/C(C)=C/Cc2c(O)c3c(c(C)c2OC)COC3=O)[C@](C)(O)C[C@@H](C)CN(C)[C@H](C)[C@@H](O)[C@]1(C)O. The number of phenolic OH excluding ortho intramolecular Hbond substituents is 1. The lowest BCUT2D eigenvalue weighted by atomic mass is 9.77. The molecule has 3 saturated heterocycles. The molecule has 4 aliphatic heterocycles. The van der Waals surface area contributed by atoms with Gasteiger partial charge in [-0.1, -0.05) is 32.4 Å². The van der Waals surface area contributed by atoms with E-state index in [0.717, 1.165) is 5.57 Å². The molecule has 0 radical (unpaired) electrons. The minimum atomic E-state index is -1.86. The second-order valence-electron chi connectivity index (χ2n) is 22.8. The van der Waals surface area contributed by atoms with Gasteiger partial charge in [0.2, 0.25) is 0 Å². The number of allylic oxidation sites excluding steroid dienone is 2. The van der Waals surface area contributed by atoms with Crippen molar-refractivity contribution in [3.63, 3.8) is 0 Å². The van der Waals surface area contributed by atoms with Gasteiger partial charge in [-0.05, 0) is 127 Å². The van der Waals surface area contributed by atoms with Crippen molar-refractivity contribution >= 4 is 17.9 Å². The van der Waals surface area contributed by atoms with Crippen LogP contribution in [0.25, 0.3) is 0 Å². The number of cyclic esters (lactones) is 2. The molecular formula is C55H90N2O17. The number of carbonyl (C=O) groups is 3. The first-order valence-corrected chi connectivity index (χ1v) is 26.4. The van der Waals surface area contributed by atoms with Crippen molar-refractivity contribution in [3.05, 3.63) is 33.9 Å². The highest BCUT2D eigenvalue weighted by molar-refractivity contribution is 5.98. The summed E-state index contributed by atoms with van der Waals surface area (Å²) in [7, 11) is 8.58. The molecule has 422 valence electrons. The lowest BCUT2D eigenvalue weighted by molar-refractivity contribution is -0.319. The zero-order valence-electron chi connectivity index (χ0n) is 47.1. The number of likely N-dealkylation sites (N-methyl/N-ethyl adjacent to an activating group) is 2. The number of fused-ring (bicyclic) bond motifs is 1. The molecule has 5 rings (SSSR count). The van der Waals surface area contributed by atoms with Crippen molar-refractivity contribution in [1.82, 2.24) is 9.80 Å². The van der Waals surface area contributed by atoms with Crippen molar-refractivity contribution in [3.8, 4) is 11.5 Å². The van der Waals surface area contributed by atoms with E-state index in [1.54, 1.807) is 48.5 Å². The van der Waals surface area contributed by atoms with E-state index < -0.39 is 114 Å². The van der Waals surface area contributed by atoms with Crippen molar-refractivity contribution in [2.75, 3.05) is 41.9 Å². The molecule has 0 saturated carbocycles. The Bertz CT molecular complexity index is 2130. The summed E-state index contributed by atoms with van der Waals surface area (Å²) >= 11 is 0. The van der Waals surface area contributed by atoms with Crippen molar-refractivity contribution < 1.29 is 82.5 Å². The highest BCUT2D eigenvalue weighted by Gasteiger charge is 2.53. The molecule has 0 aromatic heterocycles. The molecule has 1 aromatic carbocycles. The first-order chi connectivity index (χ1) is 34.4. The summed E-state index contributed by atoms with van der Waals surface area (Å²) in [4.78, 5) is 45.0. The average molecular weight is 1050 g/mol. The largest absolute Gasteiger partial charge is 0.507 e. The van der Waals surface area contributed by atoms with Crippen LogP contribution in [-0.2, 0) is 60.5 Å². The summed E-state index contributed by atoms with van der Waals surface area (Å²) in [6.07, 6.45) is -6.91. The van der Waals surface area contributed by atoms with Crippen LogP contribution in [0.5, 0.6) is 11.5 Å². The Morgan fingerprint density at radius 1 is 0.946 bits per heavy atom. The lowest BCUT2D eigenvalue weighted by Gasteiger charge is -2.49. The highest BCUT2D eigenvalue weighted by atomic mass is 16.7. The van der Waals surface area contributed by atoms with E-state index in [4.69, 9.17) is 42.6 Å². The smallest absolute Gasteiger partial charge is 0.342 e. The standard InChI is InChI=1S/C55H90N2O17/c1-18-39-55(12,65)47(60)34(8)57(15)26-29(3)24-53(10,64)49(32(6)44(33(7)50(62)71-39)73-41-25-54(11,67-17)48(61)35(9)70-41)74-52-46(38(56(13)14)23-30(4)69-52)72-40(58)22-20-28(2)19-21-36-43(59)42-37(27-68-51(42)63)31(5)45(36)66-16/h19,29-30,32-35,38-39,41,44,46-49,52,59-61,64-65H,18,20-27H2,1-17H3/b28-19+/t29-,30-,32+,33-,34-,35+,38?,39-,41+,44+,46-,47-,48+,49-,52+,53-,54-,55-/m1/s1. The van der Waals surface area contributed by atoms with Gasteiger partial charge in [0, 0.05) is 49.6 Å². The van der Waals surface area contributed by atoms with Crippen LogP contribution >= 0.6 is 0 Å². The second-order valence-corrected chi connectivity index (χ2v) is 22.8. The number of esters is 3. The molecule has 5 N–H and O–H groups in total. The Morgan fingerprint density at radius 3 is 2.22 bits per heavy atom. The minimum Gasteiger partial charge on any atom is -0.507 e. The maximum atomic E-state index is 14.6. The second kappa shape index (κ2) is 24.9. The summed E-state index contributed by atoms with van der Waals surface area (Å²) < 4.78 is 56.0. The molecule has 3 fully saturated rings. The number of aliphatic hydroxyl groups is 4. The fourth-order valence-corrected chi connectivity index (χ4v) is 11.8. The van der Waals surface area contributed by atoms with E-state index in [1.807, 2.05) is 64.7 Å². The highest BCUT2D eigenvalue weighted by Crippen LogP contribution is 2.43. The van der Waals surface area contributed by atoms with Crippen LogP contribution < -0.4 is 4.74 Å². The zero-order chi connectivity index (χ0) is 55.5. The number of phenols is 1. The van der Waals surface area contributed by atoms with Crippen LogP contribution in [0, 0.1) is 24.7 Å². The summed E-state index contributed by atoms with van der Waals surface area (Å²) in [5.74, 6) is -3.80. The topological polar surface area (TPSA) is 242 Å². The number of nitrogens with zero attached hydrogens (tertiary/aromatic N) is 2. The number of hydrogen-bond acceptors (Lipinski definition) is 19. The Kier molecular flexibility index (Phi) is 20.6. The Hall–Kier alpha value is -3.47. The summed E-state index contributed by atoms with van der Waals surface area (Å²) in [5, 5.41) is 58.9. The zero-order valence-corrected chi connectivity index (χ0v) is 47.1. The van der Waals surface area contributed by atoms with E-state index in [9.17, 15) is 39.9 Å². The minimum absolute atomic E-state index is 0.0221. The number of hydrogen-bond donors (Lipinski definition) is 5. The quantitative estimate of drug-likeness (QED) is 0.0923. The predicted octanol–water partition coefficient (Wildman–Crippen LogP) is 5.11. The van der Waals surface area contributed by atoms with Gasteiger partial charge < -0.3 is 78.0 Å². The number of ether oxygens (including phenoxy) is 9. The Balaban J connectivity index is 1.51. The number of carbonyl (C=O) groups excluding carboxylic acids is 3. The molecular weight excluding hydrogens is 961 g/mol. The van der Waals surface area contributed by atoms with Crippen molar-refractivity contribution in [2.45, 2.75) is 225 Å². The van der Waals surface area contributed by atoms with Crippen LogP contribution in [0.3, 0.4) is 0 Å². The van der Waals surface area contributed by atoms with Crippen LogP contribution in [0.4, 0.5) is 0 Å². The average Bonchev–Trinajstić information content (AvgIpc) is 3.73. The van der Waals surface area contributed by atoms with Gasteiger partial charge in [0.25, 0.3) is 0 Å². The van der Waals surface area contributed by atoms with Gasteiger partial charge in [-0.25, -0.2) is 4.79 Å². The van der Waals surface area contributed by atoms with Crippen LogP contribution in [0.1, 0.15) is 142 Å². The van der Waals surface area contributed by atoms with E-state index in [1.165, 1.54) is 21.1 Å². The van der Waals surface area contributed by atoms with Gasteiger partial charge >= 0.3 is 17.9 Å². The Labute approximate surface area is 439 Å². The van der Waals surface area contributed by atoms with E-state index in [-0.39, 0.29) is 62.0 Å². The third-order valence-corrected chi connectivity index (χ3v) is 16.5. The van der Waals surface area contributed by atoms with E-state index >= 15 is 0 Å². The lowest BCUT2D eigenvalue weighted by Crippen LogP contribution is -2.61. The molecule has 0 bridgehead atoms. The maximum Gasteiger partial charge on any atom is 0.342 e. The molecule has 18 atom stereocenters.